The molecule has 7 rings (SSSR count). The van der Waals surface area contributed by atoms with Crippen LogP contribution in [0, 0.1) is 0 Å². The third-order valence-electron chi connectivity index (χ3n) is 9.02. The number of hydrogen-bond donors (Lipinski definition) is 2. The monoisotopic (exact) mass is 533 g/mol. The number of carbonyl (C=O) groups is 2. The predicted molar refractivity (Wildman–Crippen MR) is 142 cm³/mol. The molecule has 0 aromatic heterocycles. The van der Waals surface area contributed by atoms with Crippen molar-refractivity contribution in [3.8, 4) is 17.2 Å². The Balaban J connectivity index is 1.00. The SMILES string of the molecule is O=C1CCC(N2Cc3cc(O[C@H]4CCCC[C@@H]4N4CC(c5ccc6c(c5)OCCO6)C4)ccc3C2=O)C(O)N1. The molecule has 39 heavy (non-hydrogen) atoms. The topological polar surface area (TPSA) is 101 Å². The fourth-order valence-corrected chi connectivity index (χ4v) is 6.87. The van der Waals surface area contributed by atoms with Crippen LogP contribution in [0.25, 0.3) is 0 Å². The summed E-state index contributed by atoms with van der Waals surface area (Å²) < 4.78 is 18.1. The summed E-state index contributed by atoms with van der Waals surface area (Å²) in [6.07, 6.45) is 4.36. The number of likely N-dealkylation sites (tertiary alicyclic amines) is 1. The quantitative estimate of drug-likeness (QED) is 0.610. The van der Waals surface area contributed by atoms with E-state index < -0.39 is 12.3 Å². The molecule has 4 aliphatic heterocycles. The number of fused-ring (bicyclic) bond motifs is 2. The average Bonchev–Trinajstić information content (AvgIpc) is 3.24. The van der Waals surface area contributed by atoms with Crippen LogP contribution in [0.1, 0.15) is 65.9 Å². The molecule has 5 aliphatic rings. The highest BCUT2D eigenvalue weighted by molar-refractivity contribution is 5.99. The first-order chi connectivity index (χ1) is 19.0. The van der Waals surface area contributed by atoms with Gasteiger partial charge in [-0.3, -0.25) is 14.5 Å². The molecule has 3 fully saturated rings. The summed E-state index contributed by atoms with van der Waals surface area (Å²) >= 11 is 0. The second-order valence-corrected chi connectivity index (χ2v) is 11.4. The van der Waals surface area contributed by atoms with Gasteiger partial charge in [-0.1, -0.05) is 12.5 Å². The standard InChI is InChI=1S/C30H35N3O6/c34-28-10-8-24(29(35)31-28)33-17-19-13-21(6-7-22(19)30(33)36)39-25-4-2-1-3-23(25)32-15-20(16-32)18-5-9-26-27(14-18)38-12-11-37-26/h5-7,9,13-14,20,23-25,29,35H,1-4,8,10-12,15-17H2,(H,31,34)/t23-,24?,25-,29?/m0/s1. The number of nitrogens with one attached hydrogen (secondary N) is 1. The lowest BCUT2D eigenvalue weighted by molar-refractivity contribution is -0.129. The van der Waals surface area contributed by atoms with Crippen molar-refractivity contribution < 1.29 is 28.9 Å². The first-order valence-corrected chi connectivity index (χ1v) is 14.2. The molecule has 0 spiro atoms. The number of aliphatic hydroxyl groups excluding tert-OH is 1. The number of rotatable bonds is 5. The van der Waals surface area contributed by atoms with E-state index in [1.807, 2.05) is 24.3 Å². The molecule has 1 saturated carbocycles. The van der Waals surface area contributed by atoms with Crippen LogP contribution in [0.5, 0.6) is 17.2 Å². The van der Waals surface area contributed by atoms with E-state index in [-0.39, 0.29) is 17.9 Å². The van der Waals surface area contributed by atoms with Gasteiger partial charge in [0.05, 0.1) is 6.04 Å². The Morgan fingerprint density at radius 2 is 1.74 bits per heavy atom. The molecule has 4 atom stereocenters. The number of amides is 2. The molecular weight excluding hydrogens is 498 g/mol. The number of nitrogens with zero attached hydrogens (tertiary/aromatic N) is 2. The largest absolute Gasteiger partial charge is 0.489 e. The van der Waals surface area contributed by atoms with Gasteiger partial charge in [-0.2, -0.15) is 0 Å². The summed E-state index contributed by atoms with van der Waals surface area (Å²) in [6.45, 7) is 3.65. The molecule has 2 N–H and O–H groups in total. The zero-order valence-corrected chi connectivity index (χ0v) is 22.0. The maximum absolute atomic E-state index is 13.1. The van der Waals surface area contributed by atoms with E-state index in [4.69, 9.17) is 14.2 Å². The van der Waals surface area contributed by atoms with Gasteiger partial charge in [0.1, 0.15) is 31.3 Å². The van der Waals surface area contributed by atoms with Crippen molar-refractivity contribution in [3.05, 3.63) is 53.1 Å². The van der Waals surface area contributed by atoms with E-state index in [0.717, 1.165) is 55.2 Å². The summed E-state index contributed by atoms with van der Waals surface area (Å²) in [6, 6.07) is 12.0. The second kappa shape index (κ2) is 10.0. The summed E-state index contributed by atoms with van der Waals surface area (Å²) in [5.74, 6) is 2.69. The van der Waals surface area contributed by atoms with Crippen LogP contribution in [0.15, 0.2) is 36.4 Å². The van der Waals surface area contributed by atoms with Crippen molar-refractivity contribution in [3.63, 3.8) is 0 Å². The zero-order chi connectivity index (χ0) is 26.5. The van der Waals surface area contributed by atoms with Crippen molar-refractivity contribution in [2.75, 3.05) is 26.3 Å². The summed E-state index contributed by atoms with van der Waals surface area (Å²) in [5, 5.41) is 12.9. The molecule has 206 valence electrons. The first-order valence-electron chi connectivity index (χ1n) is 14.2. The maximum Gasteiger partial charge on any atom is 0.254 e. The van der Waals surface area contributed by atoms with Gasteiger partial charge in [0.15, 0.2) is 11.5 Å². The number of hydrogen-bond acceptors (Lipinski definition) is 7. The number of benzene rings is 2. The molecule has 4 heterocycles. The van der Waals surface area contributed by atoms with Crippen molar-refractivity contribution in [1.82, 2.24) is 15.1 Å². The maximum atomic E-state index is 13.1. The van der Waals surface area contributed by atoms with Gasteiger partial charge in [-0.15, -0.1) is 0 Å². The molecule has 9 heteroatoms. The van der Waals surface area contributed by atoms with E-state index >= 15 is 0 Å². The van der Waals surface area contributed by atoms with E-state index in [2.05, 4.69) is 22.3 Å². The number of carbonyl (C=O) groups excluding carboxylic acids is 2. The second-order valence-electron chi connectivity index (χ2n) is 11.4. The Kier molecular flexibility index (Phi) is 6.35. The summed E-state index contributed by atoms with van der Waals surface area (Å²) in [5.41, 5.74) is 2.87. The minimum Gasteiger partial charge on any atom is -0.489 e. The number of ether oxygens (including phenoxy) is 3. The molecule has 2 aromatic carbocycles. The zero-order valence-electron chi connectivity index (χ0n) is 22.0. The van der Waals surface area contributed by atoms with Crippen LogP contribution < -0.4 is 19.5 Å². The Labute approximate surface area is 228 Å². The third kappa shape index (κ3) is 4.61. The van der Waals surface area contributed by atoms with E-state index in [0.29, 0.717) is 50.1 Å². The summed E-state index contributed by atoms with van der Waals surface area (Å²) in [7, 11) is 0. The molecule has 2 unspecified atom stereocenters. The fourth-order valence-electron chi connectivity index (χ4n) is 6.87. The normalized spacial score (nSPS) is 29.0. The molecule has 2 saturated heterocycles. The van der Waals surface area contributed by atoms with Gasteiger partial charge in [0, 0.05) is 43.6 Å². The lowest BCUT2D eigenvalue weighted by Gasteiger charge is -2.48. The van der Waals surface area contributed by atoms with Crippen LogP contribution in [-0.2, 0) is 11.3 Å². The Morgan fingerprint density at radius 3 is 2.59 bits per heavy atom. The molecule has 2 amide bonds. The van der Waals surface area contributed by atoms with E-state index in [1.54, 1.807) is 4.90 Å². The smallest absolute Gasteiger partial charge is 0.254 e. The van der Waals surface area contributed by atoms with Crippen LogP contribution in [0.3, 0.4) is 0 Å². The van der Waals surface area contributed by atoms with Crippen LogP contribution in [-0.4, -0.2) is 77.4 Å². The van der Waals surface area contributed by atoms with Crippen molar-refractivity contribution in [1.29, 1.82) is 0 Å². The highest BCUT2D eigenvalue weighted by atomic mass is 16.6. The van der Waals surface area contributed by atoms with Gasteiger partial charge in [0.2, 0.25) is 5.91 Å². The third-order valence-corrected chi connectivity index (χ3v) is 9.02. The highest BCUT2D eigenvalue weighted by Gasteiger charge is 2.41. The van der Waals surface area contributed by atoms with Gasteiger partial charge >= 0.3 is 0 Å². The number of piperidine rings is 1. The summed E-state index contributed by atoms with van der Waals surface area (Å²) in [4.78, 5) is 28.9. The minimum atomic E-state index is -1.04. The predicted octanol–water partition coefficient (Wildman–Crippen LogP) is 2.80. The van der Waals surface area contributed by atoms with Crippen LogP contribution in [0.4, 0.5) is 0 Å². The lowest BCUT2D eigenvalue weighted by Crippen LogP contribution is -2.57. The fraction of sp³-hybridized carbons (Fsp3) is 0.533. The molecule has 2 aromatic rings. The van der Waals surface area contributed by atoms with Gasteiger partial charge < -0.3 is 29.5 Å². The average molecular weight is 534 g/mol. The highest BCUT2D eigenvalue weighted by Crippen LogP contribution is 2.39. The number of aliphatic hydroxyl groups is 1. The van der Waals surface area contributed by atoms with E-state index in [9.17, 15) is 14.7 Å². The van der Waals surface area contributed by atoms with Crippen molar-refractivity contribution in [2.45, 2.75) is 75.4 Å². The van der Waals surface area contributed by atoms with Gasteiger partial charge in [-0.05, 0) is 67.1 Å². The molecular formula is C30H35N3O6. The lowest BCUT2D eigenvalue weighted by atomic mass is 9.84. The molecule has 0 bridgehead atoms. The molecule has 1 aliphatic carbocycles. The van der Waals surface area contributed by atoms with Crippen molar-refractivity contribution in [2.24, 2.45) is 0 Å². The Hall–Kier alpha value is -3.30. The Bertz CT molecular complexity index is 1280. The van der Waals surface area contributed by atoms with Crippen LogP contribution >= 0.6 is 0 Å². The van der Waals surface area contributed by atoms with Crippen LogP contribution in [0.2, 0.25) is 0 Å². The van der Waals surface area contributed by atoms with Crippen molar-refractivity contribution >= 4 is 11.8 Å². The molecule has 0 radical (unpaired) electrons. The van der Waals surface area contributed by atoms with E-state index in [1.165, 1.54) is 12.0 Å². The minimum absolute atomic E-state index is 0.0990. The van der Waals surface area contributed by atoms with Gasteiger partial charge in [-0.25, -0.2) is 0 Å². The van der Waals surface area contributed by atoms with Gasteiger partial charge in [0.25, 0.3) is 5.91 Å². The Morgan fingerprint density at radius 1 is 0.923 bits per heavy atom. The first kappa shape index (κ1) is 24.7. The molecule has 9 nitrogen and oxygen atoms in total.